The van der Waals surface area contributed by atoms with Gasteiger partial charge >= 0.3 is 5.97 Å². The van der Waals surface area contributed by atoms with Crippen molar-refractivity contribution in [1.29, 1.82) is 0 Å². The van der Waals surface area contributed by atoms with Crippen LogP contribution in [-0.4, -0.2) is 44.2 Å². The predicted molar refractivity (Wildman–Crippen MR) is 92.8 cm³/mol. The van der Waals surface area contributed by atoms with E-state index in [0.717, 1.165) is 0 Å². The van der Waals surface area contributed by atoms with Crippen LogP contribution in [0, 0.1) is 0 Å². The van der Waals surface area contributed by atoms with Crippen molar-refractivity contribution in [2.75, 3.05) is 21.3 Å². The Kier molecular flexibility index (Phi) is 4.98. The number of hydrogen-bond acceptors (Lipinski definition) is 7. The van der Waals surface area contributed by atoms with E-state index in [1.54, 1.807) is 24.3 Å². The molecule has 1 aliphatic rings. The summed E-state index contributed by atoms with van der Waals surface area (Å²) in [6.07, 6.45) is -0.204. The highest BCUT2D eigenvalue weighted by Gasteiger charge is 2.38. The number of hydroxylamine groups is 2. The fourth-order valence-electron chi connectivity index (χ4n) is 2.79. The maximum Gasteiger partial charge on any atom is 0.337 e. The molecule has 8 heteroatoms. The predicted octanol–water partition coefficient (Wildman–Crippen LogP) is 2.01. The van der Waals surface area contributed by atoms with Gasteiger partial charge < -0.3 is 19.0 Å². The minimum Gasteiger partial charge on any atom is -0.493 e. The van der Waals surface area contributed by atoms with Gasteiger partial charge in [-0.15, -0.1) is 0 Å². The van der Waals surface area contributed by atoms with Gasteiger partial charge in [0.15, 0.2) is 11.5 Å². The van der Waals surface area contributed by atoms with Gasteiger partial charge in [0, 0.05) is 0 Å². The van der Waals surface area contributed by atoms with Gasteiger partial charge in [-0.1, -0.05) is 17.2 Å². The van der Waals surface area contributed by atoms with E-state index in [4.69, 9.17) is 19.0 Å². The quantitative estimate of drug-likeness (QED) is 0.717. The van der Waals surface area contributed by atoms with Crippen LogP contribution in [-0.2, 0) is 16.1 Å². The summed E-state index contributed by atoms with van der Waals surface area (Å²) in [5.41, 5.74) is 0.900. The summed E-state index contributed by atoms with van der Waals surface area (Å²) in [6.45, 7) is 0. The van der Waals surface area contributed by atoms with Gasteiger partial charge in [-0.25, -0.2) is 4.79 Å². The minimum absolute atomic E-state index is 0.197. The second-order valence-corrected chi connectivity index (χ2v) is 5.62. The van der Waals surface area contributed by atoms with Gasteiger partial charge in [0.25, 0.3) is 11.8 Å². The Hall–Kier alpha value is -3.55. The van der Waals surface area contributed by atoms with Crippen LogP contribution >= 0.6 is 0 Å². The zero-order valence-electron chi connectivity index (χ0n) is 15.0. The third-order valence-corrected chi connectivity index (χ3v) is 4.02. The molecule has 27 heavy (non-hydrogen) atoms. The number of hydrogen-bond donors (Lipinski definition) is 0. The highest BCUT2D eigenvalue weighted by molar-refractivity contribution is 6.20. The van der Waals surface area contributed by atoms with E-state index in [9.17, 15) is 14.4 Å². The van der Waals surface area contributed by atoms with Gasteiger partial charge in [0.1, 0.15) is 0 Å². The van der Waals surface area contributed by atoms with Gasteiger partial charge in [0.2, 0.25) is 5.75 Å². The van der Waals surface area contributed by atoms with Crippen molar-refractivity contribution >= 4 is 17.8 Å². The summed E-state index contributed by atoms with van der Waals surface area (Å²) in [5, 5.41) is 0.477. The zero-order chi connectivity index (χ0) is 19.6. The Labute approximate surface area is 155 Å². The average molecular weight is 371 g/mol. The lowest BCUT2D eigenvalue weighted by molar-refractivity contribution is -0.167. The first-order valence-corrected chi connectivity index (χ1v) is 7.97. The Balaban J connectivity index is 1.77. The van der Waals surface area contributed by atoms with Crippen LogP contribution in [0.4, 0.5) is 0 Å². The number of rotatable bonds is 6. The number of carbonyl (C=O) groups is 3. The molecular formula is C19H17NO7. The Morgan fingerprint density at radius 1 is 0.889 bits per heavy atom. The summed E-state index contributed by atoms with van der Waals surface area (Å²) in [4.78, 5) is 41.8. The third-order valence-electron chi connectivity index (χ3n) is 4.02. The number of amides is 2. The SMILES string of the molecule is COc1cc(CC(=O)ON2C(=O)c3ccccc3C2=O)cc(OC)c1OC. The number of nitrogens with zero attached hydrogens (tertiary/aromatic N) is 1. The molecule has 0 spiro atoms. The third kappa shape index (κ3) is 3.29. The molecule has 3 rings (SSSR count). The van der Waals surface area contributed by atoms with Crippen molar-refractivity contribution < 1.29 is 33.4 Å². The molecule has 0 saturated carbocycles. The summed E-state index contributed by atoms with van der Waals surface area (Å²) < 4.78 is 15.7. The maximum absolute atomic E-state index is 12.3. The summed E-state index contributed by atoms with van der Waals surface area (Å²) in [7, 11) is 4.38. The van der Waals surface area contributed by atoms with Crippen molar-refractivity contribution in [3.8, 4) is 17.2 Å². The molecule has 0 saturated heterocycles. The molecule has 0 aromatic heterocycles. The first-order chi connectivity index (χ1) is 13.0. The fourth-order valence-corrected chi connectivity index (χ4v) is 2.79. The molecule has 2 aromatic rings. The number of imide groups is 1. The summed E-state index contributed by atoms with van der Waals surface area (Å²) >= 11 is 0. The van der Waals surface area contributed by atoms with Crippen LogP contribution in [0.15, 0.2) is 36.4 Å². The molecule has 1 heterocycles. The van der Waals surface area contributed by atoms with Crippen molar-refractivity contribution in [2.24, 2.45) is 0 Å². The molecule has 0 N–H and O–H groups in total. The van der Waals surface area contributed by atoms with Crippen molar-refractivity contribution in [3.05, 3.63) is 53.1 Å². The summed E-state index contributed by atoms with van der Waals surface area (Å²) in [5.74, 6) is -0.986. The smallest absolute Gasteiger partial charge is 0.337 e. The number of benzene rings is 2. The van der Waals surface area contributed by atoms with Gasteiger partial charge in [0.05, 0.1) is 38.9 Å². The molecule has 140 valence electrons. The molecule has 8 nitrogen and oxygen atoms in total. The monoisotopic (exact) mass is 371 g/mol. The number of ether oxygens (including phenoxy) is 3. The standard InChI is InChI=1S/C19H17NO7/c1-24-14-8-11(9-15(25-2)17(14)26-3)10-16(21)27-20-18(22)12-6-4-5-7-13(12)19(20)23/h4-9H,10H2,1-3H3. The molecule has 2 aromatic carbocycles. The molecule has 2 amide bonds. The van der Waals surface area contributed by atoms with Crippen LogP contribution < -0.4 is 14.2 Å². The van der Waals surface area contributed by atoms with Gasteiger partial charge in [-0.2, -0.15) is 0 Å². The second kappa shape index (κ2) is 7.36. The topological polar surface area (TPSA) is 91.4 Å². The molecule has 0 radical (unpaired) electrons. The summed E-state index contributed by atoms with van der Waals surface area (Å²) in [6, 6.07) is 9.44. The fraction of sp³-hybridized carbons (Fsp3) is 0.211. The lowest BCUT2D eigenvalue weighted by Gasteiger charge is -2.15. The Bertz CT molecular complexity index is 862. The van der Waals surface area contributed by atoms with E-state index in [0.29, 0.717) is 27.9 Å². The average Bonchev–Trinajstić information content (AvgIpc) is 2.92. The normalized spacial score (nSPS) is 12.6. The lowest BCUT2D eigenvalue weighted by Crippen LogP contribution is -2.33. The van der Waals surface area contributed by atoms with Crippen LogP contribution in [0.25, 0.3) is 0 Å². The Morgan fingerprint density at radius 3 is 1.85 bits per heavy atom. The van der Waals surface area contributed by atoms with E-state index in [2.05, 4.69) is 0 Å². The van der Waals surface area contributed by atoms with E-state index < -0.39 is 17.8 Å². The van der Waals surface area contributed by atoms with Crippen molar-refractivity contribution in [2.45, 2.75) is 6.42 Å². The van der Waals surface area contributed by atoms with Crippen LogP contribution in [0.5, 0.6) is 17.2 Å². The van der Waals surface area contributed by atoms with E-state index in [1.165, 1.54) is 33.5 Å². The van der Waals surface area contributed by atoms with E-state index >= 15 is 0 Å². The Morgan fingerprint density at radius 2 is 1.41 bits per heavy atom. The maximum atomic E-state index is 12.3. The molecule has 0 bridgehead atoms. The molecular weight excluding hydrogens is 354 g/mol. The highest BCUT2D eigenvalue weighted by Crippen LogP contribution is 2.38. The van der Waals surface area contributed by atoms with Crippen LogP contribution in [0.1, 0.15) is 26.3 Å². The molecule has 0 unspecified atom stereocenters. The van der Waals surface area contributed by atoms with Crippen LogP contribution in [0.3, 0.4) is 0 Å². The lowest BCUT2D eigenvalue weighted by atomic mass is 10.1. The largest absolute Gasteiger partial charge is 0.493 e. The molecule has 1 aliphatic heterocycles. The van der Waals surface area contributed by atoms with Gasteiger partial charge in [-0.3, -0.25) is 9.59 Å². The minimum atomic E-state index is -0.779. The van der Waals surface area contributed by atoms with Crippen LogP contribution in [0.2, 0.25) is 0 Å². The van der Waals surface area contributed by atoms with Gasteiger partial charge in [-0.05, 0) is 29.8 Å². The number of methoxy groups -OCH3 is 3. The van der Waals surface area contributed by atoms with E-state index in [1.807, 2.05) is 0 Å². The van der Waals surface area contributed by atoms with Crippen molar-refractivity contribution in [3.63, 3.8) is 0 Å². The van der Waals surface area contributed by atoms with Crippen molar-refractivity contribution in [1.82, 2.24) is 5.06 Å². The van der Waals surface area contributed by atoms with E-state index in [-0.39, 0.29) is 17.5 Å². The number of carbonyl (C=O) groups excluding carboxylic acids is 3. The molecule has 0 aliphatic carbocycles. The highest BCUT2D eigenvalue weighted by atomic mass is 16.7. The number of fused-ring (bicyclic) bond motifs is 1. The zero-order valence-corrected chi connectivity index (χ0v) is 15.0. The first kappa shape index (κ1) is 18.2. The first-order valence-electron chi connectivity index (χ1n) is 7.97. The second-order valence-electron chi connectivity index (χ2n) is 5.62. The molecule has 0 atom stereocenters. The molecule has 0 fully saturated rings.